The van der Waals surface area contributed by atoms with Crippen LogP contribution in [0.3, 0.4) is 0 Å². The van der Waals surface area contributed by atoms with Crippen LogP contribution in [0, 0.1) is 0 Å². The van der Waals surface area contributed by atoms with Gasteiger partial charge in [-0.2, -0.15) is 0 Å². The molecule has 1 heterocycles. The molecule has 4 heteroatoms. The second-order valence-electron chi connectivity index (χ2n) is 4.91. The lowest BCUT2D eigenvalue weighted by atomic mass is 10.1. The van der Waals surface area contributed by atoms with E-state index < -0.39 is 0 Å². The van der Waals surface area contributed by atoms with Crippen molar-refractivity contribution in [1.82, 2.24) is 4.90 Å². The fraction of sp³-hybridized carbons (Fsp3) is 0.600. The molecule has 106 valence electrons. The van der Waals surface area contributed by atoms with E-state index in [1.807, 2.05) is 31.4 Å². The van der Waals surface area contributed by atoms with Gasteiger partial charge in [0.2, 0.25) is 0 Å². The summed E-state index contributed by atoms with van der Waals surface area (Å²) in [5, 5.41) is 0. The summed E-state index contributed by atoms with van der Waals surface area (Å²) in [5.74, 6) is 0.931. The van der Waals surface area contributed by atoms with Crippen molar-refractivity contribution in [3.63, 3.8) is 0 Å². The van der Waals surface area contributed by atoms with Crippen LogP contribution in [0.2, 0.25) is 0 Å². The van der Waals surface area contributed by atoms with Gasteiger partial charge < -0.3 is 14.4 Å². The lowest BCUT2D eigenvalue weighted by molar-refractivity contribution is 0.0398. The quantitative estimate of drug-likeness (QED) is 0.748. The van der Waals surface area contributed by atoms with E-state index in [1.165, 1.54) is 0 Å². The Morgan fingerprint density at radius 2 is 2.00 bits per heavy atom. The molecule has 1 aromatic carbocycles. The van der Waals surface area contributed by atoms with E-state index >= 15 is 0 Å². The molecule has 2 rings (SSSR count). The number of ether oxygens (including phenoxy) is 2. The number of hydrogen-bond donors (Lipinski definition) is 0. The standard InChI is InChI=1S/C15H22BrNO2/c1-18-13-7-10-17(11-8-13)9-4-12-19-15-6-3-2-5-14(15)16/h2-3,5-6,13H,4,7-12H2,1H3. The van der Waals surface area contributed by atoms with Crippen LogP contribution in [0.1, 0.15) is 19.3 Å². The van der Waals surface area contributed by atoms with Crippen LogP contribution in [0.15, 0.2) is 28.7 Å². The summed E-state index contributed by atoms with van der Waals surface area (Å²) in [7, 11) is 1.81. The van der Waals surface area contributed by atoms with Gasteiger partial charge in [0.05, 0.1) is 17.2 Å². The summed E-state index contributed by atoms with van der Waals surface area (Å²) >= 11 is 3.49. The van der Waals surface area contributed by atoms with Gasteiger partial charge in [-0.1, -0.05) is 12.1 Å². The third-order valence-corrected chi connectivity index (χ3v) is 4.24. The molecule has 0 aromatic heterocycles. The first kappa shape index (κ1) is 14.8. The normalized spacial score (nSPS) is 17.6. The highest BCUT2D eigenvalue weighted by Crippen LogP contribution is 2.23. The Morgan fingerprint density at radius 3 is 2.68 bits per heavy atom. The Balaban J connectivity index is 1.61. The number of para-hydroxylation sites is 1. The van der Waals surface area contributed by atoms with Crippen molar-refractivity contribution < 1.29 is 9.47 Å². The SMILES string of the molecule is COC1CCN(CCCOc2ccccc2Br)CC1. The molecule has 0 bridgehead atoms. The van der Waals surface area contributed by atoms with Crippen LogP contribution in [0.4, 0.5) is 0 Å². The predicted octanol–water partition coefficient (Wildman–Crippen LogP) is 3.33. The first-order valence-corrected chi connectivity index (χ1v) is 7.71. The molecule has 19 heavy (non-hydrogen) atoms. The summed E-state index contributed by atoms with van der Waals surface area (Å²) in [5.41, 5.74) is 0. The lowest BCUT2D eigenvalue weighted by Gasteiger charge is -2.31. The Kier molecular flexibility index (Phi) is 6.14. The molecule has 1 aliphatic rings. The lowest BCUT2D eigenvalue weighted by Crippen LogP contribution is -2.37. The maximum Gasteiger partial charge on any atom is 0.133 e. The van der Waals surface area contributed by atoms with Gasteiger partial charge in [-0.25, -0.2) is 0 Å². The van der Waals surface area contributed by atoms with Crippen LogP contribution >= 0.6 is 15.9 Å². The van der Waals surface area contributed by atoms with Gasteiger partial charge in [-0.05, 0) is 47.3 Å². The van der Waals surface area contributed by atoms with E-state index in [1.54, 1.807) is 0 Å². The van der Waals surface area contributed by atoms with Gasteiger partial charge in [0, 0.05) is 26.7 Å². The number of rotatable bonds is 6. The van der Waals surface area contributed by atoms with Crippen LogP contribution in [-0.4, -0.2) is 44.4 Å². The average molecular weight is 328 g/mol. The van der Waals surface area contributed by atoms with Gasteiger partial charge in [-0.3, -0.25) is 0 Å². The molecule has 1 aromatic rings. The zero-order valence-corrected chi connectivity index (χ0v) is 13.1. The molecule has 0 spiro atoms. The van der Waals surface area contributed by atoms with E-state index in [2.05, 4.69) is 20.8 Å². The third kappa shape index (κ3) is 4.79. The van der Waals surface area contributed by atoms with Gasteiger partial charge in [0.15, 0.2) is 0 Å². The van der Waals surface area contributed by atoms with Crippen LogP contribution < -0.4 is 4.74 Å². The third-order valence-electron chi connectivity index (χ3n) is 3.58. The monoisotopic (exact) mass is 327 g/mol. The maximum absolute atomic E-state index is 5.77. The summed E-state index contributed by atoms with van der Waals surface area (Å²) in [6.07, 6.45) is 3.84. The smallest absolute Gasteiger partial charge is 0.133 e. The number of nitrogens with zero attached hydrogens (tertiary/aromatic N) is 1. The highest BCUT2D eigenvalue weighted by Gasteiger charge is 2.17. The number of halogens is 1. The van der Waals surface area contributed by atoms with Crippen molar-refractivity contribution in [1.29, 1.82) is 0 Å². The van der Waals surface area contributed by atoms with E-state index in [0.717, 1.165) is 55.7 Å². The molecule has 0 atom stereocenters. The molecule has 0 aliphatic carbocycles. The van der Waals surface area contributed by atoms with Gasteiger partial charge in [0.1, 0.15) is 5.75 Å². The summed E-state index contributed by atoms with van der Waals surface area (Å²) in [6.45, 7) is 4.18. The number of hydrogen-bond acceptors (Lipinski definition) is 3. The molecule has 0 radical (unpaired) electrons. The molecule has 0 saturated carbocycles. The number of piperidine rings is 1. The second kappa shape index (κ2) is 7.88. The zero-order valence-electron chi connectivity index (χ0n) is 11.5. The fourth-order valence-corrected chi connectivity index (χ4v) is 2.80. The molecule has 0 N–H and O–H groups in total. The van der Waals surface area contributed by atoms with E-state index in [4.69, 9.17) is 9.47 Å². The minimum atomic E-state index is 0.466. The molecule has 1 fully saturated rings. The predicted molar refractivity (Wildman–Crippen MR) is 80.7 cm³/mol. The van der Waals surface area contributed by atoms with Crippen LogP contribution in [0.25, 0.3) is 0 Å². The summed E-state index contributed by atoms with van der Waals surface area (Å²) in [4.78, 5) is 2.50. The van der Waals surface area contributed by atoms with E-state index in [0.29, 0.717) is 6.10 Å². The van der Waals surface area contributed by atoms with Crippen LogP contribution in [-0.2, 0) is 4.74 Å². The first-order chi connectivity index (χ1) is 9.29. The average Bonchev–Trinajstić information content (AvgIpc) is 2.46. The molecule has 0 unspecified atom stereocenters. The second-order valence-corrected chi connectivity index (χ2v) is 5.76. The molecule has 1 saturated heterocycles. The molecule has 3 nitrogen and oxygen atoms in total. The highest BCUT2D eigenvalue weighted by atomic mass is 79.9. The minimum absolute atomic E-state index is 0.466. The van der Waals surface area contributed by atoms with Gasteiger partial charge >= 0.3 is 0 Å². The zero-order chi connectivity index (χ0) is 13.5. The Morgan fingerprint density at radius 1 is 1.26 bits per heavy atom. The van der Waals surface area contributed by atoms with E-state index in [9.17, 15) is 0 Å². The molecular formula is C15H22BrNO2. The van der Waals surface area contributed by atoms with Crippen LogP contribution in [0.5, 0.6) is 5.75 Å². The minimum Gasteiger partial charge on any atom is -0.492 e. The number of methoxy groups -OCH3 is 1. The maximum atomic E-state index is 5.77. The van der Waals surface area contributed by atoms with Crippen molar-refractivity contribution >= 4 is 15.9 Å². The first-order valence-electron chi connectivity index (χ1n) is 6.92. The fourth-order valence-electron chi connectivity index (χ4n) is 2.40. The Hall–Kier alpha value is -0.580. The molecular weight excluding hydrogens is 306 g/mol. The van der Waals surface area contributed by atoms with Crippen molar-refractivity contribution in [3.05, 3.63) is 28.7 Å². The highest BCUT2D eigenvalue weighted by molar-refractivity contribution is 9.10. The topological polar surface area (TPSA) is 21.7 Å². The molecule has 1 aliphatic heterocycles. The van der Waals surface area contributed by atoms with Crippen molar-refractivity contribution in [2.45, 2.75) is 25.4 Å². The Labute approximate surface area is 124 Å². The van der Waals surface area contributed by atoms with Crippen molar-refractivity contribution in [2.24, 2.45) is 0 Å². The summed E-state index contributed by atoms with van der Waals surface area (Å²) in [6, 6.07) is 7.99. The summed E-state index contributed by atoms with van der Waals surface area (Å²) < 4.78 is 12.2. The number of likely N-dealkylation sites (tertiary alicyclic amines) is 1. The number of benzene rings is 1. The van der Waals surface area contributed by atoms with Gasteiger partial charge in [0.25, 0.3) is 0 Å². The Bertz CT molecular complexity index is 378. The van der Waals surface area contributed by atoms with Crippen molar-refractivity contribution in [2.75, 3.05) is 33.4 Å². The van der Waals surface area contributed by atoms with E-state index in [-0.39, 0.29) is 0 Å². The van der Waals surface area contributed by atoms with Crippen molar-refractivity contribution in [3.8, 4) is 5.75 Å². The molecule has 0 amide bonds. The van der Waals surface area contributed by atoms with Gasteiger partial charge in [-0.15, -0.1) is 0 Å². The largest absolute Gasteiger partial charge is 0.492 e.